The third-order valence-electron chi connectivity index (χ3n) is 4.63. The molecule has 0 bridgehead atoms. The summed E-state index contributed by atoms with van der Waals surface area (Å²) in [5.74, 6) is 0.355. The van der Waals surface area contributed by atoms with E-state index in [1.54, 1.807) is 6.07 Å². The van der Waals surface area contributed by atoms with Crippen molar-refractivity contribution in [1.29, 1.82) is 0 Å². The number of nitrogens with one attached hydrogen (secondary N) is 1. The normalized spacial score (nSPS) is 13.3. The summed E-state index contributed by atoms with van der Waals surface area (Å²) in [6, 6.07) is 28.9. The summed E-state index contributed by atoms with van der Waals surface area (Å²) in [5, 5.41) is 14.0. The van der Waals surface area contributed by atoms with Crippen LogP contribution in [0.5, 0.6) is 5.75 Å². The summed E-state index contributed by atoms with van der Waals surface area (Å²) in [5.41, 5.74) is 3.53. The van der Waals surface area contributed by atoms with Gasteiger partial charge < -0.3 is 10.4 Å². The van der Waals surface area contributed by atoms with Gasteiger partial charge >= 0.3 is 0 Å². The quantitative estimate of drug-likeness (QED) is 0.606. The van der Waals surface area contributed by atoms with E-state index in [4.69, 9.17) is 0 Å². The van der Waals surface area contributed by atoms with Crippen LogP contribution in [0.3, 0.4) is 0 Å². The van der Waals surface area contributed by atoms with Gasteiger partial charge in [-0.3, -0.25) is 0 Å². The van der Waals surface area contributed by atoms with Crippen molar-refractivity contribution >= 4 is 0 Å². The van der Waals surface area contributed by atoms with Crippen molar-refractivity contribution in [3.05, 3.63) is 102 Å². The Morgan fingerprint density at radius 2 is 1.40 bits per heavy atom. The van der Waals surface area contributed by atoms with Crippen LogP contribution in [0.4, 0.5) is 0 Å². The summed E-state index contributed by atoms with van der Waals surface area (Å²) in [6.07, 6.45) is 1.90. The van der Waals surface area contributed by atoms with Crippen molar-refractivity contribution in [3.8, 4) is 5.75 Å². The van der Waals surface area contributed by atoms with E-state index in [2.05, 4.69) is 60.8 Å². The summed E-state index contributed by atoms with van der Waals surface area (Å²) in [7, 11) is 0. The Kier molecular flexibility index (Phi) is 5.86. The second-order valence-electron chi connectivity index (χ2n) is 6.43. The number of hydrogen-bond donors (Lipinski definition) is 2. The number of benzene rings is 3. The molecule has 25 heavy (non-hydrogen) atoms. The first-order valence-corrected chi connectivity index (χ1v) is 8.87. The molecule has 0 saturated heterocycles. The third-order valence-corrected chi connectivity index (χ3v) is 4.63. The molecule has 3 rings (SSSR count). The summed E-state index contributed by atoms with van der Waals surface area (Å²) in [6.45, 7) is 2.17. The van der Waals surface area contributed by atoms with Crippen molar-refractivity contribution in [2.45, 2.75) is 31.8 Å². The lowest BCUT2D eigenvalue weighted by atomic mass is 9.96. The number of rotatable bonds is 7. The highest BCUT2D eigenvalue weighted by Crippen LogP contribution is 2.29. The van der Waals surface area contributed by atoms with E-state index >= 15 is 0 Å². The molecule has 3 aromatic carbocycles. The van der Waals surface area contributed by atoms with Gasteiger partial charge in [0.1, 0.15) is 5.75 Å². The van der Waals surface area contributed by atoms with Gasteiger partial charge in [0.05, 0.1) is 0 Å². The van der Waals surface area contributed by atoms with Gasteiger partial charge in [-0.15, -0.1) is 0 Å². The Morgan fingerprint density at radius 3 is 2.08 bits per heavy atom. The van der Waals surface area contributed by atoms with Gasteiger partial charge in [0.25, 0.3) is 0 Å². The molecule has 2 N–H and O–H groups in total. The van der Waals surface area contributed by atoms with E-state index in [1.807, 2.05) is 30.3 Å². The lowest BCUT2D eigenvalue weighted by Crippen LogP contribution is -2.25. The summed E-state index contributed by atoms with van der Waals surface area (Å²) < 4.78 is 0. The fourth-order valence-corrected chi connectivity index (χ4v) is 3.21. The van der Waals surface area contributed by atoms with Gasteiger partial charge in [-0.25, -0.2) is 0 Å². The van der Waals surface area contributed by atoms with Crippen molar-refractivity contribution in [3.63, 3.8) is 0 Å². The minimum Gasteiger partial charge on any atom is -0.508 e. The minimum atomic E-state index is 0.0941. The molecule has 0 spiro atoms. The molecule has 0 fully saturated rings. The average molecular weight is 331 g/mol. The van der Waals surface area contributed by atoms with Gasteiger partial charge in [0.15, 0.2) is 0 Å². The molecule has 0 aliphatic heterocycles. The standard InChI is InChI=1S/C23H25NO/c1-18(20-12-6-3-7-13-20)24-22(21-14-8-9-15-23(21)25)17-16-19-10-4-2-5-11-19/h2-15,18,22,24-25H,16-17H2,1H3/t18-,22+/m1/s1. The third kappa shape index (κ3) is 4.71. The van der Waals surface area contributed by atoms with Crippen LogP contribution >= 0.6 is 0 Å². The van der Waals surface area contributed by atoms with Crippen molar-refractivity contribution in [2.24, 2.45) is 0 Å². The van der Waals surface area contributed by atoms with E-state index in [0.717, 1.165) is 18.4 Å². The highest BCUT2D eigenvalue weighted by atomic mass is 16.3. The van der Waals surface area contributed by atoms with Gasteiger partial charge in [-0.1, -0.05) is 78.9 Å². The maximum Gasteiger partial charge on any atom is 0.120 e. The molecular weight excluding hydrogens is 306 g/mol. The molecule has 0 aliphatic rings. The number of phenolic OH excluding ortho intramolecular Hbond substituents is 1. The molecule has 0 aliphatic carbocycles. The zero-order valence-electron chi connectivity index (χ0n) is 14.6. The van der Waals surface area contributed by atoms with Crippen LogP contribution in [0.25, 0.3) is 0 Å². The molecular formula is C23H25NO. The van der Waals surface area contributed by atoms with Gasteiger partial charge in [-0.05, 0) is 37.0 Å². The van der Waals surface area contributed by atoms with Crippen LogP contribution in [0.2, 0.25) is 0 Å². The zero-order chi connectivity index (χ0) is 17.5. The lowest BCUT2D eigenvalue weighted by Gasteiger charge is -2.25. The predicted octanol–water partition coefficient (Wildman–Crippen LogP) is 5.42. The molecule has 0 radical (unpaired) electrons. The van der Waals surface area contributed by atoms with E-state index in [-0.39, 0.29) is 12.1 Å². The second kappa shape index (κ2) is 8.50. The van der Waals surface area contributed by atoms with Gasteiger partial charge in [-0.2, -0.15) is 0 Å². The molecule has 2 atom stereocenters. The fourth-order valence-electron chi connectivity index (χ4n) is 3.21. The number of hydrogen-bond acceptors (Lipinski definition) is 2. The van der Waals surface area contributed by atoms with Crippen LogP contribution in [0.1, 0.15) is 42.1 Å². The fraction of sp³-hybridized carbons (Fsp3) is 0.217. The summed E-state index contributed by atoms with van der Waals surface area (Å²) >= 11 is 0. The first-order valence-electron chi connectivity index (χ1n) is 8.87. The smallest absolute Gasteiger partial charge is 0.120 e. The SMILES string of the molecule is C[C@@H](N[C@@H](CCc1ccccc1)c1ccccc1O)c1ccccc1. The van der Waals surface area contributed by atoms with Crippen LogP contribution in [-0.4, -0.2) is 5.11 Å². The molecule has 2 nitrogen and oxygen atoms in total. The van der Waals surface area contributed by atoms with Crippen molar-refractivity contribution < 1.29 is 5.11 Å². The molecule has 0 amide bonds. The average Bonchev–Trinajstić information content (AvgIpc) is 2.67. The molecule has 0 saturated carbocycles. The predicted molar refractivity (Wildman–Crippen MR) is 104 cm³/mol. The molecule has 128 valence electrons. The van der Waals surface area contributed by atoms with Crippen molar-refractivity contribution in [2.75, 3.05) is 0 Å². The van der Waals surface area contributed by atoms with Crippen LogP contribution < -0.4 is 5.32 Å². The Labute approximate surface area is 150 Å². The van der Waals surface area contributed by atoms with Gasteiger partial charge in [0, 0.05) is 17.6 Å². The van der Waals surface area contributed by atoms with Crippen LogP contribution in [0, 0.1) is 0 Å². The number of para-hydroxylation sites is 1. The zero-order valence-corrected chi connectivity index (χ0v) is 14.6. The topological polar surface area (TPSA) is 32.3 Å². The molecule has 2 heteroatoms. The summed E-state index contributed by atoms with van der Waals surface area (Å²) in [4.78, 5) is 0. The monoisotopic (exact) mass is 331 g/mol. The van der Waals surface area contributed by atoms with Crippen LogP contribution in [-0.2, 0) is 6.42 Å². The highest BCUT2D eigenvalue weighted by Gasteiger charge is 2.18. The molecule has 0 aromatic heterocycles. The Balaban J connectivity index is 1.78. The molecule has 3 aromatic rings. The first-order chi connectivity index (χ1) is 12.2. The highest BCUT2D eigenvalue weighted by molar-refractivity contribution is 5.35. The lowest BCUT2D eigenvalue weighted by molar-refractivity contribution is 0.411. The Bertz CT molecular complexity index is 770. The Hall–Kier alpha value is -2.58. The number of phenols is 1. The largest absolute Gasteiger partial charge is 0.508 e. The maximum atomic E-state index is 10.3. The minimum absolute atomic E-state index is 0.0941. The van der Waals surface area contributed by atoms with E-state index in [0.29, 0.717) is 5.75 Å². The van der Waals surface area contributed by atoms with Crippen molar-refractivity contribution in [1.82, 2.24) is 5.32 Å². The van der Waals surface area contributed by atoms with E-state index in [9.17, 15) is 5.11 Å². The first kappa shape index (κ1) is 17.2. The van der Waals surface area contributed by atoms with Gasteiger partial charge in [0.2, 0.25) is 0 Å². The molecule has 0 heterocycles. The number of aryl methyl sites for hydroxylation is 1. The van der Waals surface area contributed by atoms with Crippen LogP contribution in [0.15, 0.2) is 84.9 Å². The Morgan fingerprint density at radius 1 is 0.800 bits per heavy atom. The second-order valence-corrected chi connectivity index (χ2v) is 6.43. The number of aromatic hydroxyl groups is 1. The molecule has 0 unspecified atom stereocenters. The maximum absolute atomic E-state index is 10.3. The van der Waals surface area contributed by atoms with E-state index < -0.39 is 0 Å². The van der Waals surface area contributed by atoms with E-state index in [1.165, 1.54) is 11.1 Å².